The summed E-state index contributed by atoms with van der Waals surface area (Å²) in [6.07, 6.45) is 3.54. The van der Waals surface area contributed by atoms with Crippen LogP contribution in [0, 0.1) is 6.92 Å². The van der Waals surface area contributed by atoms with Gasteiger partial charge < -0.3 is 14.1 Å². The predicted octanol–water partition coefficient (Wildman–Crippen LogP) is 7.72. The highest BCUT2D eigenvalue weighted by atomic mass is 79.9. The number of aromatic nitrogens is 2. The molecule has 1 aromatic heterocycles. The zero-order valence-electron chi connectivity index (χ0n) is 23.9. The highest BCUT2D eigenvalue weighted by molar-refractivity contribution is 9.10. The van der Waals surface area contributed by atoms with Gasteiger partial charge in [-0.3, -0.25) is 9.36 Å². The van der Waals surface area contributed by atoms with Crippen molar-refractivity contribution in [1.82, 2.24) is 14.5 Å². The third-order valence-corrected chi connectivity index (χ3v) is 13.7. The number of piperidine rings is 1. The van der Waals surface area contributed by atoms with E-state index < -0.39 is 8.32 Å². The average Bonchev–Trinajstić information content (AvgIpc) is 3.33. The largest absolute Gasteiger partial charge is 0.445 e. The van der Waals surface area contributed by atoms with Crippen molar-refractivity contribution in [2.24, 2.45) is 0 Å². The van der Waals surface area contributed by atoms with Crippen molar-refractivity contribution in [3.63, 3.8) is 0 Å². The van der Waals surface area contributed by atoms with E-state index in [-0.39, 0.29) is 42.2 Å². The monoisotopic (exact) mass is 613 g/mol. The molecule has 9 heteroatoms. The van der Waals surface area contributed by atoms with Gasteiger partial charge in [0.2, 0.25) is 5.91 Å². The molecule has 2 aromatic carbocycles. The SMILES string of the molecule is Cc1ccc2c(ncn2C(=O)CC[C@@H]2[C@@H](O[Si](C)(C)C(C)(C)C)CCCN2C(=O)OCc2ccccc2)c1Br. The Kier molecular flexibility index (Phi) is 9.03. The lowest BCUT2D eigenvalue weighted by Crippen LogP contribution is -2.56. The number of hydrogen-bond donors (Lipinski definition) is 0. The molecule has 0 saturated carbocycles. The number of imidazole rings is 1. The van der Waals surface area contributed by atoms with Gasteiger partial charge in [-0.25, -0.2) is 9.78 Å². The van der Waals surface area contributed by atoms with Gasteiger partial charge in [0.1, 0.15) is 18.5 Å². The van der Waals surface area contributed by atoms with E-state index >= 15 is 0 Å². The summed E-state index contributed by atoms with van der Waals surface area (Å²) in [5, 5.41) is 0.0324. The van der Waals surface area contributed by atoms with Gasteiger partial charge in [0, 0.05) is 17.4 Å². The highest BCUT2D eigenvalue weighted by Gasteiger charge is 2.44. The molecule has 7 nitrogen and oxygen atoms in total. The van der Waals surface area contributed by atoms with E-state index in [0.29, 0.717) is 13.0 Å². The van der Waals surface area contributed by atoms with Crippen LogP contribution in [0.15, 0.2) is 53.3 Å². The minimum Gasteiger partial charge on any atom is -0.445 e. The zero-order chi connectivity index (χ0) is 28.4. The molecule has 1 amide bonds. The summed E-state index contributed by atoms with van der Waals surface area (Å²) >= 11 is 3.59. The fourth-order valence-corrected chi connectivity index (χ4v) is 6.65. The first-order chi connectivity index (χ1) is 18.4. The first-order valence-electron chi connectivity index (χ1n) is 13.7. The quantitative estimate of drug-likeness (QED) is 0.255. The van der Waals surface area contributed by atoms with Crippen LogP contribution in [0.25, 0.3) is 11.0 Å². The number of likely N-dealkylation sites (tertiary alicyclic amines) is 1. The van der Waals surface area contributed by atoms with Crippen LogP contribution in [0.2, 0.25) is 18.1 Å². The maximum absolute atomic E-state index is 13.4. The van der Waals surface area contributed by atoms with Crippen LogP contribution >= 0.6 is 15.9 Å². The number of aryl methyl sites for hydroxylation is 1. The van der Waals surface area contributed by atoms with Crippen LogP contribution in [-0.2, 0) is 15.8 Å². The maximum atomic E-state index is 13.4. The van der Waals surface area contributed by atoms with E-state index in [1.807, 2.05) is 49.4 Å². The first-order valence-corrected chi connectivity index (χ1v) is 17.4. The summed E-state index contributed by atoms with van der Waals surface area (Å²) in [7, 11) is -2.11. The third-order valence-electron chi connectivity index (χ3n) is 8.18. The number of amides is 1. The molecular weight excluding hydrogens is 574 g/mol. The summed E-state index contributed by atoms with van der Waals surface area (Å²) in [6.45, 7) is 13.9. The van der Waals surface area contributed by atoms with Gasteiger partial charge in [0.05, 0.1) is 17.7 Å². The van der Waals surface area contributed by atoms with Crippen LogP contribution < -0.4 is 0 Å². The van der Waals surface area contributed by atoms with Crippen LogP contribution in [0.4, 0.5) is 4.79 Å². The van der Waals surface area contributed by atoms with Crippen LogP contribution in [0.1, 0.15) is 62.4 Å². The van der Waals surface area contributed by atoms with Gasteiger partial charge in [-0.15, -0.1) is 0 Å². The summed E-state index contributed by atoms with van der Waals surface area (Å²) in [6, 6.07) is 13.3. The topological polar surface area (TPSA) is 73.7 Å². The molecule has 0 bridgehead atoms. The molecule has 1 fully saturated rings. The Morgan fingerprint density at radius 2 is 1.85 bits per heavy atom. The lowest BCUT2D eigenvalue weighted by molar-refractivity contribution is 0.00526. The van der Waals surface area contributed by atoms with E-state index in [2.05, 4.69) is 54.8 Å². The van der Waals surface area contributed by atoms with Gasteiger partial charge in [0.15, 0.2) is 8.32 Å². The number of hydrogen-bond acceptors (Lipinski definition) is 5. The fourth-order valence-electron chi connectivity index (χ4n) is 4.83. The van der Waals surface area contributed by atoms with E-state index in [4.69, 9.17) is 9.16 Å². The van der Waals surface area contributed by atoms with Crippen LogP contribution in [0.5, 0.6) is 0 Å². The van der Waals surface area contributed by atoms with Crippen LogP contribution in [-0.4, -0.2) is 53.5 Å². The van der Waals surface area contributed by atoms with E-state index in [1.54, 1.807) is 15.8 Å². The minimum absolute atomic E-state index is 0.0324. The second kappa shape index (κ2) is 11.9. The minimum atomic E-state index is -2.11. The fraction of sp³-hybridized carbons (Fsp3) is 0.500. The second-order valence-corrected chi connectivity index (χ2v) is 17.5. The van der Waals surface area contributed by atoms with Crippen LogP contribution in [0.3, 0.4) is 0 Å². The van der Waals surface area contributed by atoms with Gasteiger partial charge >= 0.3 is 6.09 Å². The molecule has 0 N–H and O–H groups in total. The van der Waals surface area contributed by atoms with Crippen molar-refractivity contribution in [3.05, 3.63) is 64.4 Å². The summed E-state index contributed by atoms with van der Waals surface area (Å²) in [5.74, 6) is -0.0532. The molecule has 0 unspecified atom stereocenters. The Bertz CT molecular complexity index is 1320. The van der Waals surface area contributed by atoms with Gasteiger partial charge in [-0.1, -0.05) is 57.2 Å². The van der Waals surface area contributed by atoms with Gasteiger partial charge in [-0.05, 0) is 77.4 Å². The lowest BCUT2D eigenvalue weighted by atomic mass is 9.95. The molecule has 1 saturated heterocycles. The Morgan fingerprint density at radius 3 is 2.54 bits per heavy atom. The number of fused-ring (bicyclic) bond motifs is 1. The van der Waals surface area contributed by atoms with Crippen molar-refractivity contribution in [2.75, 3.05) is 6.54 Å². The van der Waals surface area contributed by atoms with Crippen molar-refractivity contribution in [2.45, 2.75) is 90.3 Å². The van der Waals surface area contributed by atoms with E-state index in [0.717, 1.165) is 39.5 Å². The van der Waals surface area contributed by atoms with Crippen molar-refractivity contribution in [3.8, 4) is 0 Å². The Morgan fingerprint density at radius 1 is 1.13 bits per heavy atom. The summed E-state index contributed by atoms with van der Waals surface area (Å²) < 4.78 is 15.1. The predicted molar refractivity (Wildman–Crippen MR) is 160 cm³/mol. The molecule has 2 heterocycles. The zero-order valence-corrected chi connectivity index (χ0v) is 26.5. The Balaban J connectivity index is 1.54. The van der Waals surface area contributed by atoms with Crippen molar-refractivity contribution >= 4 is 47.3 Å². The number of halogens is 1. The number of ether oxygens (including phenoxy) is 1. The summed E-state index contributed by atoms with van der Waals surface area (Å²) in [5.41, 5.74) is 3.55. The molecule has 210 valence electrons. The lowest BCUT2D eigenvalue weighted by Gasteiger charge is -2.46. The van der Waals surface area contributed by atoms with Crippen molar-refractivity contribution in [1.29, 1.82) is 0 Å². The smallest absolute Gasteiger partial charge is 0.410 e. The Hall–Kier alpha value is -2.49. The number of carbonyl (C=O) groups excluding carboxylic acids is 2. The second-order valence-electron chi connectivity index (χ2n) is 12.0. The molecular formula is C30H40BrN3O4Si. The molecule has 2 atom stereocenters. The molecule has 0 aliphatic carbocycles. The average molecular weight is 615 g/mol. The molecule has 4 rings (SSSR count). The normalized spacial score (nSPS) is 18.4. The summed E-state index contributed by atoms with van der Waals surface area (Å²) in [4.78, 5) is 33.1. The van der Waals surface area contributed by atoms with E-state index in [9.17, 15) is 9.59 Å². The molecule has 3 aromatic rings. The number of carbonyl (C=O) groups is 2. The molecule has 1 aliphatic rings. The molecule has 1 aliphatic heterocycles. The van der Waals surface area contributed by atoms with Crippen molar-refractivity contribution < 1.29 is 18.8 Å². The number of rotatable bonds is 7. The molecule has 0 spiro atoms. The molecule has 39 heavy (non-hydrogen) atoms. The number of benzene rings is 2. The molecule has 0 radical (unpaired) electrons. The van der Waals surface area contributed by atoms with Gasteiger partial charge in [0.25, 0.3) is 0 Å². The maximum Gasteiger partial charge on any atom is 0.410 e. The highest BCUT2D eigenvalue weighted by Crippen LogP contribution is 2.40. The van der Waals surface area contributed by atoms with Gasteiger partial charge in [-0.2, -0.15) is 0 Å². The van der Waals surface area contributed by atoms with E-state index in [1.165, 1.54) is 0 Å². The third kappa shape index (κ3) is 6.64. The first kappa shape index (κ1) is 29.5. The number of nitrogens with zero attached hydrogens (tertiary/aromatic N) is 3. The standard InChI is InChI=1S/C30H40BrN3O4Si/c1-21-14-15-24-28(27(21)31)32-20-34(24)26(35)17-16-23-25(38-39(5,6)30(2,3)4)13-10-18-33(23)29(36)37-19-22-11-8-7-9-12-22/h7-9,11-12,14-15,20,23,25H,10,13,16-19H2,1-6H3/t23-,25+/m1/s1. The Labute approximate surface area is 241 Å².